The Kier molecular flexibility index (Phi) is 7.42. The quantitative estimate of drug-likeness (QED) is 0.225. The molecule has 4 aromatic rings. The predicted octanol–water partition coefficient (Wildman–Crippen LogP) is 6.45. The number of nitrogens with one attached hydrogen (secondary N) is 1. The van der Waals surface area contributed by atoms with Gasteiger partial charge in [0.15, 0.2) is 5.65 Å². The third-order valence-electron chi connectivity index (χ3n) is 6.91. The Morgan fingerprint density at radius 2 is 2.16 bits per heavy atom. The van der Waals surface area contributed by atoms with Crippen molar-refractivity contribution in [1.82, 2.24) is 29.9 Å². The highest BCUT2D eigenvalue weighted by Crippen LogP contribution is 2.50. The average molecular weight is 614 g/mol. The Labute approximate surface area is 234 Å². The van der Waals surface area contributed by atoms with Crippen LogP contribution in [-0.4, -0.2) is 55.5 Å². The number of anilines is 1. The van der Waals surface area contributed by atoms with Gasteiger partial charge in [0.1, 0.15) is 14.6 Å². The highest BCUT2D eigenvalue weighted by molar-refractivity contribution is 9.10. The van der Waals surface area contributed by atoms with E-state index in [1.165, 1.54) is 11.3 Å². The van der Waals surface area contributed by atoms with Gasteiger partial charge in [0.2, 0.25) is 5.95 Å². The molecule has 0 spiro atoms. The molecular weight excluding hydrogens is 583 g/mol. The van der Waals surface area contributed by atoms with E-state index in [1.807, 2.05) is 38.5 Å². The van der Waals surface area contributed by atoms with Crippen LogP contribution in [0.4, 0.5) is 5.95 Å². The zero-order chi connectivity index (χ0) is 27.1. The second kappa shape index (κ2) is 10.5. The van der Waals surface area contributed by atoms with E-state index in [0.717, 1.165) is 57.6 Å². The molecule has 5 rings (SSSR count). The Bertz CT molecular complexity index is 1590. The van der Waals surface area contributed by atoms with Gasteiger partial charge in [-0.1, -0.05) is 18.3 Å². The van der Waals surface area contributed by atoms with E-state index < -0.39 is 7.14 Å². The molecule has 3 heterocycles. The van der Waals surface area contributed by atoms with E-state index in [-0.39, 0.29) is 11.5 Å². The number of halogens is 1. The molecule has 0 aliphatic heterocycles. The summed E-state index contributed by atoms with van der Waals surface area (Å²) in [5, 5.41) is 28.5. The van der Waals surface area contributed by atoms with Crippen molar-refractivity contribution in [3.05, 3.63) is 39.6 Å². The fraction of sp³-hybridized carbons (Fsp3) is 0.462. The largest absolute Gasteiger partial charge is 0.351 e. The third kappa shape index (κ3) is 5.83. The summed E-state index contributed by atoms with van der Waals surface area (Å²) in [4.78, 5) is 9.42. The molecule has 1 saturated carbocycles. The summed E-state index contributed by atoms with van der Waals surface area (Å²) in [7, 11) is -2.09. The highest BCUT2D eigenvalue weighted by atomic mass is 79.9. The van der Waals surface area contributed by atoms with Gasteiger partial charge in [0.05, 0.1) is 24.3 Å². The van der Waals surface area contributed by atoms with Gasteiger partial charge in [-0.2, -0.15) is 15.3 Å². The van der Waals surface area contributed by atoms with Crippen LogP contribution in [0.25, 0.3) is 27.3 Å². The zero-order valence-electron chi connectivity index (χ0n) is 21.9. The van der Waals surface area contributed by atoms with Crippen LogP contribution in [0.5, 0.6) is 0 Å². The fourth-order valence-electron chi connectivity index (χ4n) is 5.53. The third-order valence-corrected chi connectivity index (χ3v) is 9.89. The first kappa shape index (κ1) is 26.9. The highest BCUT2D eigenvalue weighted by Gasteiger charge is 2.38. The van der Waals surface area contributed by atoms with Crippen LogP contribution in [0, 0.1) is 23.7 Å². The molecule has 0 saturated heterocycles. The Morgan fingerprint density at radius 3 is 2.87 bits per heavy atom. The van der Waals surface area contributed by atoms with Crippen LogP contribution in [0.1, 0.15) is 43.2 Å². The molecule has 1 aromatic carbocycles. The van der Waals surface area contributed by atoms with Crippen molar-refractivity contribution < 1.29 is 4.57 Å². The molecule has 198 valence electrons. The topological polar surface area (TPSA) is 122 Å². The first-order valence-corrected chi connectivity index (χ1v) is 17.0. The lowest BCUT2D eigenvalue weighted by atomic mass is 9.91. The van der Waals surface area contributed by atoms with Crippen molar-refractivity contribution in [2.45, 2.75) is 52.0 Å². The normalized spacial score (nSPS) is 19.6. The van der Waals surface area contributed by atoms with Crippen LogP contribution < -0.4 is 5.32 Å². The molecule has 1 aliphatic carbocycles. The van der Waals surface area contributed by atoms with E-state index in [1.54, 1.807) is 10.9 Å². The van der Waals surface area contributed by atoms with Crippen molar-refractivity contribution >= 4 is 51.4 Å². The van der Waals surface area contributed by atoms with Crippen LogP contribution in [0.3, 0.4) is 0 Å². The second-order valence-electron chi connectivity index (χ2n) is 10.9. The van der Waals surface area contributed by atoms with Gasteiger partial charge in [0.25, 0.3) is 0 Å². The molecule has 38 heavy (non-hydrogen) atoms. The number of nitriles is 1. The number of benzene rings is 1. The van der Waals surface area contributed by atoms with Gasteiger partial charge in [-0.3, -0.25) is 0 Å². The Balaban J connectivity index is 1.46. The maximum Gasteiger partial charge on any atom is 0.224 e. The molecule has 2 atom stereocenters. The molecule has 9 nitrogen and oxygen atoms in total. The number of nitrogens with zero attached hydrogens (tertiary/aromatic N) is 7. The number of fused-ring (bicyclic) bond motifs is 1. The van der Waals surface area contributed by atoms with E-state index in [9.17, 15) is 9.83 Å². The van der Waals surface area contributed by atoms with Gasteiger partial charge >= 0.3 is 0 Å². The molecule has 1 fully saturated rings. The summed E-state index contributed by atoms with van der Waals surface area (Å²) >= 11 is 5.10. The smallest absolute Gasteiger partial charge is 0.224 e. The van der Waals surface area contributed by atoms with Gasteiger partial charge in [-0.05, 0) is 91.0 Å². The molecule has 3 aromatic heterocycles. The van der Waals surface area contributed by atoms with Gasteiger partial charge in [-0.15, -0.1) is 10.2 Å². The van der Waals surface area contributed by atoms with Crippen molar-refractivity contribution in [2.75, 3.05) is 24.8 Å². The van der Waals surface area contributed by atoms with Crippen molar-refractivity contribution in [3.8, 4) is 22.3 Å². The monoisotopic (exact) mass is 612 g/mol. The number of rotatable bonds is 8. The van der Waals surface area contributed by atoms with E-state index in [2.05, 4.69) is 49.4 Å². The molecule has 1 N–H and O–H groups in total. The Hall–Kier alpha value is -2.67. The fourth-order valence-corrected chi connectivity index (χ4v) is 8.85. The minimum atomic E-state index is -2.09. The van der Waals surface area contributed by atoms with Gasteiger partial charge < -0.3 is 9.88 Å². The Morgan fingerprint density at radius 1 is 1.34 bits per heavy atom. The standard InChI is InChI=1S/C26H30BrN8OPS/c1-16-32-33-24(38-16)20-8-7-19(12-17(20)6-5-11-28)35-23-21(22(27)34-35)14-29-25(31-23)30-18-9-10-26(2,13-18)15-37(3,4)36/h7-8,12,14,18H,5-6,9-10,13,15H2,1-4H3,(H,29,30,31)/t18-,26?/m1/s1. The van der Waals surface area contributed by atoms with E-state index in [4.69, 9.17) is 10.1 Å². The summed E-state index contributed by atoms with van der Waals surface area (Å²) in [5.74, 6) is 0.558. The zero-order valence-corrected chi connectivity index (χ0v) is 25.2. The van der Waals surface area contributed by atoms with Crippen LogP contribution >= 0.6 is 34.4 Å². The SMILES string of the molecule is Cc1nnc(-c2ccc(-n3nc(Br)c4cnc(N[C@@H]5CCC(C)(CP(C)(C)=O)C5)nc43)cc2CCC#N)s1. The second-order valence-corrected chi connectivity index (χ2v) is 16.3. The predicted molar refractivity (Wildman–Crippen MR) is 156 cm³/mol. The molecule has 12 heteroatoms. The lowest BCUT2D eigenvalue weighted by molar-refractivity contribution is 0.379. The van der Waals surface area contributed by atoms with Gasteiger partial charge in [0, 0.05) is 30.4 Å². The molecule has 0 radical (unpaired) electrons. The molecule has 1 unspecified atom stereocenters. The summed E-state index contributed by atoms with van der Waals surface area (Å²) in [5.41, 5.74) is 3.60. The van der Waals surface area contributed by atoms with E-state index in [0.29, 0.717) is 29.0 Å². The lowest BCUT2D eigenvalue weighted by Gasteiger charge is -2.26. The van der Waals surface area contributed by atoms with Crippen molar-refractivity contribution in [1.29, 1.82) is 5.26 Å². The number of hydrogen-bond acceptors (Lipinski definition) is 9. The molecule has 1 aliphatic rings. The first-order valence-electron chi connectivity index (χ1n) is 12.6. The summed E-state index contributed by atoms with van der Waals surface area (Å²) in [6.07, 6.45) is 6.52. The van der Waals surface area contributed by atoms with Crippen molar-refractivity contribution in [3.63, 3.8) is 0 Å². The molecular formula is C26H30BrN8OPS. The number of aryl methyl sites for hydroxylation is 2. The molecule has 0 bridgehead atoms. The summed E-state index contributed by atoms with van der Waals surface area (Å²) in [6.45, 7) is 7.92. The van der Waals surface area contributed by atoms with E-state index >= 15 is 0 Å². The van der Waals surface area contributed by atoms with Crippen molar-refractivity contribution in [2.24, 2.45) is 5.41 Å². The lowest BCUT2D eigenvalue weighted by Crippen LogP contribution is -2.23. The first-order chi connectivity index (χ1) is 18.0. The molecule has 0 amide bonds. The summed E-state index contributed by atoms with van der Waals surface area (Å²) < 4.78 is 14.9. The maximum absolute atomic E-state index is 12.5. The number of hydrogen-bond donors (Lipinski definition) is 1. The van der Waals surface area contributed by atoms with Crippen LogP contribution in [0.2, 0.25) is 0 Å². The minimum Gasteiger partial charge on any atom is -0.351 e. The maximum atomic E-state index is 12.5. The average Bonchev–Trinajstić information content (AvgIpc) is 3.53. The number of aromatic nitrogens is 6. The minimum absolute atomic E-state index is 0.0681. The van der Waals surface area contributed by atoms with Gasteiger partial charge in [-0.25, -0.2) is 9.67 Å². The van der Waals surface area contributed by atoms with Crippen LogP contribution in [-0.2, 0) is 11.0 Å². The summed E-state index contributed by atoms with van der Waals surface area (Å²) in [6, 6.07) is 8.54. The van der Waals surface area contributed by atoms with Crippen LogP contribution in [0.15, 0.2) is 29.0 Å².